The van der Waals surface area contributed by atoms with Crippen LogP contribution in [0.1, 0.15) is 39.0 Å². The molecule has 1 aromatic carbocycles. The average molecular weight is 369 g/mol. The van der Waals surface area contributed by atoms with Gasteiger partial charge in [0.15, 0.2) is 0 Å². The van der Waals surface area contributed by atoms with Gasteiger partial charge in [0.1, 0.15) is 11.8 Å². The summed E-state index contributed by atoms with van der Waals surface area (Å²) in [5, 5.41) is 7.15. The van der Waals surface area contributed by atoms with Crippen molar-refractivity contribution in [2.45, 2.75) is 59.3 Å². The van der Waals surface area contributed by atoms with Crippen LogP contribution in [0.5, 0.6) is 5.75 Å². The smallest absolute Gasteiger partial charge is 0.408 e. The number of halogens is 3. The van der Waals surface area contributed by atoms with Gasteiger partial charge in [-0.05, 0) is 38.8 Å². The summed E-state index contributed by atoms with van der Waals surface area (Å²) in [5.41, 5.74) is 4.37. The van der Waals surface area contributed by atoms with Gasteiger partial charge in [0, 0.05) is 29.4 Å². The lowest BCUT2D eigenvalue weighted by molar-refractivity contribution is -0.138. The number of methoxy groups -OCH3 is 1. The van der Waals surface area contributed by atoms with E-state index in [1.54, 1.807) is 18.2 Å². The molecule has 0 aliphatic carbocycles. The van der Waals surface area contributed by atoms with Gasteiger partial charge in [-0.1, -0.05) is 13.8 Å². The maximum absolute atomic E-state index is 12.8. The standard InChI is InChI=1S/C19H26F3N3O/c1-6-14-16(7-2)24-25(8-3)18(14)15-10-9-13(11-17(15)26-5)23-12(4)19(20,21)22/h9-12,23H,6-8H2,1-5H3/t12-/m1/s1. The molecular weight excluding hydrogens is 343 g/mol. The Labute approximate surface area is 152 Å². The normalized spacial score (nSPS) is 12.9. The molecule has 7 heteroatoms. The van der Waals surface area contributed by atoms with Crippen LogP contribution in [0.3, 0.4) is 0 Å². The highest BCUT2D eigenvalue weighted by Gasteiger charge is 2.36. The summed E-state index contributed by atoms with van der Waals surface area (Å²) < 4.78 is 45.8. The molecule has 1 N–H and O–H groups in total. The number of anilines is 1. The lowest BCUT2D eigenvalue weighted by atomic mass is 10.0. The zero-order valence-electron chi connectivity index (χ0n) is 15.9. The Morgan fingerprint density at radius 3 is 2.38 bits per heavy atom. The predicted molar refractivity (Wildman–Crippen MR) is 97.8 cm³/mol. The minimum Gasteiger partial charge on any atom is -0.496 e. The van der Waals surface area contributed by atoms with Gasteiger partial charge < -0.3 is 10.1 Å². The highest BCUT2D eigenvalue weighted by molar-refractivity contribution is 5.74. The number of aryl methyl sites for hydroxylation is 2. The highest BCUT2D eigenvalue weighted by Crippen LogP contribution is 2.37. The van der Waals surface area contributed by atoms with E-state index in [1.165, 1.54) is 7.11 Å². The molecule has 2 aromatic rings. The van der Waals surface area contributed by atoms with E-state index in [0.717, 1.165) is 42.3 Å². The van der Waals surface area contributed by atoms with Crippen LogP contribution in [0.25, 0.3) is 11.3 Å². The van der Waals surface area contributed by atoms with E-state index in [2.05, 4.69) is 24.3 Å². The number of alkyl halides is 3. The molecule has 0 bridgehead atoms. The monoisotopic (exact) mass is 369 g/mol. The SMILES string of the molecule is CCc1nn(CC)c(-c2ccc(N[C@H](C)C(F)(F)F)cc2OC)c1CC. The van der Waals surface area contributed by atoms with Crippen molar-refractivity contribution in [3.63, 3.8) is 0 Å². The minimum absolute atomic E-state index is 0.367. The number of benzene rings is 1. The van der Waals surface area contributed by atoms with Gasteiger partial charge >= 0.3 is 6.18 Å². The van der Waals surface area contributed by atoms with Crippen molar-refractivity contribution in [3.05, 3.63) is 29.5 Å². The first kappa shape index (κ1) is 20.1. The van der Waals surface area contributed by atoms with E-state index < -0.39 is 12.2 Å². The molecule has 0 radical (unpaired) electrons. The zero-order valence-corrected chi connectivity index (χ0v) is 15.9. The third-order valence-corrected chi connectivity index (χ3v) is 4.45. The Morgan fingerprint density at radius 2 is 1.88 bits per heavy atom. The molecule has 0 spiro atoms. The maximum atomic E-state index is 12.8. The molecule has 1 aromatic heterocycles. The molecule has 0 saturated heterocycles. The summed E-state index contributed by atoms with van der Waals surface area (Å²) in [7, 11) is 1.52. The van der Waals surface area contributed by atoms with E-state index in [1.807, 2.05) is 11.6 Å². The van der Waals surface area contributed by atoms with Gasteiger partial charge in [-0.25, -0.2) is 0 Å². The van der Waals surface area contributed by atoms with Crippen LogP contribution in [-0.4, -0.2) is 29.1 Å². The number of ether oxygens (including phenoxy) is 1. The number of rotatable bonds is 7. The second-order valence-electron chi connectivity index (χ2n) is 6.12. The van der Waals surface area contributed by atoms with E-state index in [4.69, 9.17) is 4.74 Å². The molecule has 0 aliphatic rings. The van der Waals surface area contributed by atoms with Gasteiger partial charge in [-0.2, -0.15) is 18.3 Å². The molecule has 1 heterocycles. The van der Waals surface area contributed by atoms with E-state index in [0.29, 0.717) is 18.0 Å². The van der Waals surface area contributed by atoms with E-state index >= 15 is 0 Å². The molecule has 0 amide bonds. The third-order valence-electron chi connectivity index (χ3n) is 4.45. The van der Waals surface area contributed by atoms with Crippen LogP contribution in [0, 0.1) is 0 Å². The van der Waals surface area contributed by atoms with Crippen molar-refractivity contribution < 1.29 is 17.9 Å². The lowest BCUT2D eigenvalue weighted by Gasteiger charge is -2.20. The van der Waals surface area contributed by atoms with Crippen LogP contribution in [0.4, 0.5) is 18.9 Å². The number of hydrogen-bond acceptors (Lipinski definition) is 3. The average Bonchev–Trinajstić information content (AvgIpc) is 2.98. The van der Waals surface area contributed by atoms with E-state index in [9.17, 15) is 13.2 Å². The van der Waals surface area contributed by atoms with Crippen LogP contribution in [0.15, 0.2) is 18.2 Å². The van der Waals surface area contributed by atoms with Crippen LogP contribution >= 0.6 is 0 Å². The largest absolute Gasteiger partial charge is 0.496 e. The predicted octanol–water partition coefficient (Wildman–Crippen LogP) is 5.07. The molecular formula is C19H26F3N3O. The Bertz CT molecular complexity index is 753. The Kier molecular flexibility index (Phi) is 6.21. The summed E-state index contributed by atoms with van der Waals surface area (Å²) in [5.74, 6) is 0.524. The van der Waals surface area contributed by atoms with Crippen molar-refractivity contribution in [3.8, 4) is 17.0 Å². The quantitative estimate of drug-likeness (QED) is 0.741. The molecule has 0 aliphatic heterocycles. The van der Waals surface area contributed by atoms with Crippen molar-refractivity contribution in [1.29, 1.82) is 0 Å². The van der Waals surface area contributed by atoms with Gasteiger partial charge in [0.25, 0.3) is 0 Å². The Morgan fingerprint density at radius 1 is 1.19 bits per heavy atom. The first-order valence-corrected chi connectivity index (χ1v) is 8.86. The number of hydrogen-bond donors (Lipinski definition) is 1. The first-order valence-electron chi connectivity index (χ1n) is 8.86. The molecule has 4 nitrogen and oxygen atoms in total. The van der Waals surface area contributed by atoms with Gasteiger partial charge in [-0.15, -0.1) is 0 Å². The Balaban J connectivity index is 2.50. The summed E-state index contributed by atoms with van der Waals surface area (Å²) in [6.07, 6.45) is -2.65. The van der Waals surface area contributed by atoms with Crippen molar-refractivity contribution >= 4 is 5.69 Å². The fourth-order valence-electron chi connectivity index (χ4n) is 3.04. The number of nitrogens with zero attached hydrogens (tertiary/aromatic N) is 2. The van der Waals surface area contributed by atoms with Crippen LogP contribution < -0.4 is 10.1 Å². The number of aromatic nitrogens is 2. The van der Waals surface area contributed by atoms with Crippen molar-refractivity contribution in [1.82, 2.24) is 9.78 Å². The zero-order chi connectivity index (χ0) is 19.5. The summed E-state index contributed by atoms with van der Waals surface area (Å²) in [4.78, 5) is 0. The molecule has 144 valence electrons. The van der Waals surface area contributed by atoms with Crippen LogP contribution in [0.2, 0.25) is 0 Å². The fraction of sp³-hybridized carbons (Fsp3) is 0.526. The highest BCUT2D eigenvalue weighted by atomic mass is 19.4. The summed E-state index contributed by atoms with van der Waals surface area (Å²) in [6.45, 7) is 7.95. The first-order chi connectivity index (χ1) is 12.3. The van der Waals surface area contributed by atoms with Crippen LogP contribution in [-0.2, 0) is 19.4 Å². The Hall–Kier alpha value is -2.18. The summed E-state index contributed by atoms with van der Waals surface area (Å²) in [6, 6.07) is 3.41. The maximum Gasteiger partial charge on any atom is 0.408 e. The van der Waals surface area contributed by atoms with Crippen molar-refractivity contribution in [2.24, 2.45) is 0 Å². The molecule has 2 rings (SSSR count). The molecule has 1 atom stereocenters. The van der Waals surface area contributed by atoms with E-state index in [-0.39, 0.29) is 0 Å². The van der Waals surface area contributed by atoms with Gasteiger partial charge in [0.2, 0.25) is 0 Å². The molecule has 0 fully saturated rings. The second kappa shape index (κ2) is 8.01. The minimum atomic E-state index is -4.31. The van der Waals surface area contributed by atoms with Gasteiger partial charge in [0.05, 0.1) is 18.5 Å². The van der Waals surface area contributed by atoms with Gasteiger partial charge in [-0.3, -0.25) is 4.68 Å². The van der Waals surface area contributed by atoms with Crippen molar-refractivity contribution in [2.75, 3.05) is 12.4 Å². The molecule has 0 unspecified atom stereocenters. The lowest BCUT2D eigenvalue weighted by Crippen LogP contribution is -2.33. The fourth-order valence-corrected chi connectivity index (χ4v) is 3.04. The summed E-state index contributed by atoms with van der Waals surface area (Å²) >= 11 is 0. The topological polar surface area (TPSA) is 39.1 Å². The number of nitrogens with one attached hydrogen (secondary N) is 1. The molecule has 26 heavy (non-hydrogen) atoms. The third kappa shape index (κ3) is 3.97. The second-order valence-corrected chi connectivity index (χ2v) is 6.12. The molecule has 0 saturated carbocycles.